The van der Waals surface area contributed by atoms with Crippen molar-refractivity contribution in [2.24, 2.45) is 0 Å². The normalized spacial score (nSPS) is 12.8. The molecule has 0 bridgehead atoms. The molecule has 0 spiro atoms. The molecule has 0 aliphatic carbocycles. The van der Waals surface area contributed by atoms with Crippen molar-refractivity contribution >= 4 is 5.91 Å². The summed E-state index contributed by atoms with van der Waals surface area (Å²) < 4.78 is 47.8. The van der Waals surface area contributed by atoms with Gasteiger partial charge in [-0.2, -0.15) is 18.2 Å². The monoisotopic (exact) mass is 353 g/mol. The number of amides is 1. The van der Waals surface area contributed by atoms with Crippen LogP contribution in [0, 0.1) is 0 Å². The minimum Gasteiger partial charge on any atom is -0.351 e. The average molecular weight is 353 g/mol. The van der Waals surface area contributed by atoms with E-state index in [-0.39, 0.29) is 23.0 Å². The van der Waals surface area contributed by atoms with Crippen LogP contribution in [0.4, 0.5) is 13.2 Å². The Hall–Kier alpha value is -3.24. The van der Waals surface area contributed by atoms with E-state index in [1.807, 2.05) is 0 Å². The average Bonchev–Trinajstić information content (AvgIpc) is 3.26. The van der Waals surface area contributed by atoms with Crippen LogP contribution < -0.4 is 5.32 Å². The molecule has 3 aromatic heterocycles. The fourth-order valence-electron chi connectivity index (χ4n) is 1.92. The number of alkyl halides is 3. The highest BCUT2D eigenvalue weighted by Gasteiger charge is 2.33. The van der Waals surface area contributed by atoms with Crippen LogP contribution in [0.2, 0.25) is 0 Å². The Balaban J connectivity index is 1.77. The van der Waals surface area contributed by atoms with Crippen LogP contribution in [0.3, 0.4) is 0 Å². The molecular weight excluding hydrogens is 343 g/mol. The maximum Gasteiger partial charge on any atom is 0.433 e. The molecule has 0 saturated carbocycles. The lowest BCUT2D eigenvalue weighted by Gasteiger charge is -2.07. The summed E-state index contributed by atoms with van der Waals surface area (Å²) in [5.74, 6) is -0.583. The standard InChI is InChI=1S/C14H10F3N5O3/c1-7(20-12(23)9-3-5-19-24-9)13-21-11(22-25-13)8-2-4-18-10(6-8)14(15,16)17/h2-7H,1H3,(H,20,23). The van der Waals surface area contributed by atoms with Gasteiger partial charge in [0.1, 0.15) is 11.7 Å². The summed E-state index contributed by atoms with van der Waals surface area (Å²) in [4.78, 5) is 19.1. The maximum absolute atomic E-state index is 12.7. The van der Waals surface area contributed by atoms with Crippen molar-refractivity contribution in [3.8, 4) is 11.4 Å². The van der Waals surface area contributed by atoms with E-state index in [0.29, 0.717) is 0 Å². The van der Waals surface area contributed by atoms with Crippen molar-refractivity contribution < 1.29 is 27.0 Å². The molecule has 0 aromatic carbocycles. The van der Waals surface area contributed by atoms with Crippen LogP contribution in [-0.2, 0) is 6.18 Å². The molecule has 0 aliphatic rings. The van der Waals surface area contributed by atoms with Crippen molar-refractivity contribution in [2.45, 2.75) is 19.1 Å². The molecule has 1 amide bonds. The highest BCUT2D eigenvalue weighted by molar-refractivity contribution is 5.91. The second-order valence-corrected chi connectivity index (χ2v) is 4.96. The zero-order valence-electron chi connectivity index (χ0n) is 12.6. The first kappa shape index (κ1) is 16.6. The Bertz CT molecular complexity index is 876. The number of hydrogen-bond donors (Lipinski definition) is 1. The summed E-state index contributed by atoms with van der Waals surface area (Å²) in [5.41, 5.74) is -0.978. The first-order valence-electron chi connectivity index (χ1n) is 6.93. The van der Waals surface area contributed by atoms with Crippen molar-refractivity contribution in [3.63, 3.8) is 0 Å². The molecule has 0 aliphatic heterocycles. The molecule has 1 unspecified atom stereocenters. The molecule has 130 valence electrons. The summed E-state index contributed by atoms with van der Waals surface area (Å²) in [5, 5.41) is 9.58. The second-order valence-electron chi connectivity index (χ2n) is 4.96. The van der Waals surface area contributed by atoms with Crippen molar-refractivity contribution in [1.29, 1.82) is 0 Å². The second kappa shape index (κ2) is 6.34. The number of pyridine rings is 1. The molecule has 3 rings (SSSR count). The Morgan fingerprint density at radius 1 is 1.24 bits per heavy atom. The number of carbonyl (C=O) groups is 1. The first-order chi connectivity index (χ1) is 11.8. The van der Waals surface area contributed by atoms with Gasteiger partial charge in [-0.15, -0.1) is 0 Å². The van der Waals surface area contributed by atoms with Gasteiger partial charge in [0.15, 0.2) is 0 Å². The molecule has 11 heteroatoms. The van der Waals surface area contributed by atoms with Gasteiger partial charge in [-0.05, 0) is 19.1 Å². The van der Waals surface area contributed by atoms with Crippen molar-refractivity contribution in [3.05, 3.63) is 47.9 Å². The minimum absolute atomic E-state index is 0.00413. The Kier molecular flexibility index (Phi) is 4.21. The summed E-state index contributed by atoms with van der Waals surface area (Å²) in [6.07, 6.45) is -2.27. The highest BCUT2D eigenvalue weighted by Crippen LogP contribution is 2.29. The number of carbonyl (C=O) groups excluding carboxylic acids is 1. The summed E-state index contributed by atoms with van der Waals surface area (Å²) in [6.45, 7) is 1.57. The van der Waals surface area contributed by atoms with Crippen LogP contribution >= 0.6 is 0 Å². The molecule has 0 saturated heterocycles. The van der Waals surface area contributed by atoms with E-state index in [1.54, 1.807) is 6.92 Å². The Morgan fingerprint density at radius 2 is 2.04 bits per heavy atom. The summed E-state index contributed by atoms with van der Waals surface area (Å²) in [6, 6.07) is 2.81. The lowest BCUT2D eigenvalue weighted by atomic mass is 10.2. The molecule has 3 aromatic rings. The molecule has 1 N–H and O–H groups in total. The van der Waals surface area contributed by atoms with Gasteiger partial charge in [0.25, 0.3) is 5.91 Å². The fourth-order valence-corrected chi connectivity index (χ4v) is 1.92. The third-order valence-electron chi connectivity index (χ3n) is 3.13. The molecule has 1 atom stereocenters. The predicted octanol–water partition coefficient (Wildman–Crippen LogP) is 2.63. The van der Waals surface area contributed by atoms with E-state index >= 15 is 0 Å². The largest absolute Gasteiger partial charge is 0.433 e. The summed E-state index contributed by atoms with van der Waals surface area (Å²) in [7, 11) is 0. The fraction of sp³-hybridized carbons (Fsp3) is 0.214. The molecule has 0 radical (unpaired) electrons. The van der Waals surface area contributed by atoms with E-state index < -0.39 is 23.8 Å². The Morgan fingerprint density at radius 3 is 2.72 bits per heavy atom. The van der Waals surface area contributed by atoms with Crippen molar-refractivity contribution in [2.75, 3.05) is 0 Å². The van der Waals surface area contributed by atoms with Crippen LogP contribution in [0.5, 0.6) is 0 Å². The number of halogens is 3. The van der Waals surface area contributed by atoms with Gasteiger partial charge >= 0.3 is 6.18 Å². The first-order valence-corrected chi connectivity index (χ1v) is 6.93. The van der Waals surface area contributed by atoms with E-state index in [2.05, 4.69) is 25.6 Å². The predicted molar refractivity (Wildman–Crippen MR) is 74.9 cm³/mol. The molecule has 8 nitrogen and oxygen atoms in total. The van der Waals surface area contributed by atoms with Crippen LogP contribution in [0.1, 0.15) is 35.1 Å². The van der Waals surface area contributed by atoms with E-state index in [4.69, 9.17) is 9.05 Å². The topological polar surface area (TPSA) is 107 Å². The lowest BCUT2D eigenvalue weighted by Crippen LogP contribution is -2.26. The van der Waals surface area contributed by atoms with Crippen LogP contribution in [0.25, 0.3) is 11.4 Å². The molecule has 0 fully saturated rings. The van der Waals surface area contributed by atoms with Crippen molar-refractivity contribution in [1.82, 2.24) is 25.6 Å². The van der Waals surface area contributed by atoms with Gasteiger partial charge in [0.2, 0.25) is 17.5 Å². The quantitative estimate of drug-likeness (QED) is 0.768. The van der Waals surface area contributed by atoms with Gasteiger partial charge in [0, 0.05) is 17.8 Å². The number of hydrogen-bond acceptors (Lipinski definition) is 7. The lowest BCUT2D eigenvalue weighted by molar-refractivity contribution is -0.141. The SMILES string of the molecule is CC(NC(=O)c1ccno1)c1nc(-c2ccnc(C(F)(F)F)c2)no1. The van der Waals surface area contributed by atoms with Gasteiger partial charge in [-0.3, -0.25) is 9.78 Å². The molecule has 3 heterocycles. The molecule has 25 heavy (non-hydrogen) atoms. The Labute approximate surface area is 138 Å². The smallest absolute Gasteiger partial charge is 0.351 e. The summed E-state index contributed by atoms with van der Waals surface area (Å²) >= 11 is 0. The van der Waals surface area contributed by atoms with Gasteiger partial charge in [0.05, 0.1) is 6.20 Å². The highest BCUT2D eigenvalue weighted by atomic mass is 19.4. The third kappa shape index (κ3) is 3.65. The number of nitrogens with zero attached hydrogens (tertiary/aromatic N) is 4. The van der Waals surface area contributed by atoms with E-state index in [9.17, 15) is 18.0 Å². The van der Waals surface area contributed by atoms with E-state index in [0.717, 1.165) is 12.3 Å². The molecular formula is C14H10F3N5O3. The van der Waals surface area contributed by atoms with Gasteiger partial charge in [-0.25, -0.2) is 0 Å². The minimum atomic E-state index is -4.58. The van der Waals surface area contributed by atoms with Crippen LogP contribution in [-0.4, -0.2) is 26.2 Å². The van der Waals surface area contributed by atoms with E-state index in [1.165, 1.54) is 18.3 Å². The number of rotatable bonds is 4. The number of aromatic nitrogens is 4. The van der Waals surface area contributed by atoms with Crippen LogP contribution in [0.15, 0.2) is 39.6 Å². The van der Waals surface area contributed by atoms with Gasteiger partial charge < -0.3 is 14.4 Å². The van der Waals surface area contributed by atoms with Gasteiger partial charge in [-0.1, -0.05) is 10.3 Å². The third-order valence-corrected chi connectivity index (χ3v) is 3.13. The number of nitrogens with one attached hydrogen (secondary N) is 1. The zero-order valence-corrected chi connectivity index (χ0v) is 12.6. The maximum atomic E-state index is 12.7. The zero-order chi connectivity index (χ0) is 18.0.